The van der Waals surface area contributed by atoms with Gasteiger partial charge in [-0.1, -0.05) is 30.3 Å². The Kier molecular flexibility index (Phi) is 4.94. The number of hydrogen-bond donors (Lipinski definition) is 0. The summed E-state index contributed by atoms with van der Waals surface area (Å²) in [7, 11) is 0. The Bertz CT molecular complexity index is 550. The largest absolute Gasteiger partial charge is 0.206 e. The molecule has 3 heteroatoms. The average Bonchev–Trinajstić information content (AvgIpc) is 2.41. The fourth-order valence-corrected chi connectivity index (χ4v) is 1.06. The minimum atomic E-state index is -0.458. The van der Waals surface area contributed by atoms with Crippen LogP contribution in [0.3, 0.4) is 0 Å². The van der Waals surface area contributed by atoms with Gasteiger partial charge in [0.1, 0.15) is 11.9 Å². The third-order valence-corrected chi connectivity index (χ3v) is 1.90. The molecule has 0 unspecified atom stereocenters. The monoisotopic (exact) mass is 224 g/mol. The molecule has 0 aliphatic rings. The van der Waals surface area contributed by atoms with Crippen molar-refractivity contribution < 1.29 is 4.39 Å². The lowest BCUT2D eigenvalue weighted by Gasteiger charge is -1.86. The van der Waals surface area contributed by atoms with E-state index in [1.807, 2.05) is 24.3 Å². The van der Waals surface area contributed by atoms with Gasteiger partial charge in [-0.05, 0) is 24.3 Å². The van der Waals surface area contributed by atoms with Crippen molar-refractivity contribution in [3.63, 3.8) is 0 Å². The molecule has 2 nitrogen and oxygen atoms in total. The summed E-state index contributed by atoms with van der Waals surface area (Å²) in [6.07, 6.45) is 0. The zero-order valence-electron chi connectivity index (χ0n) is 8.97. The Morgan fingerprint density at radius 3 is 1.76 bits per heavy atom. The van der Waals surface area contributed by atoms with Crippen LogP contribution in [0.15, 0.2) is 54.6 Å². The lowest BCUT2D eigenvalue weighted by molar-refractivity contribution is 0.624. The fourth-order valence-electron chi connectivity index (χ4n) is 1.06. The minimum absolute atomic E-state index is 0.0949. The number of benzene rings is 2. The van der Waals surface area contributed by atoms with Crippen molar-refractivity contribution in [2.24, 2.45) is 0 Å². The summed E-state index contributed by atoms with van der Waals surface area (Å²) >= 11 is 0. The Hall–Kier alpha value is -2.65. The average molecular weight is 224 g/mol. The van der Waals surface area contributed by atoms with Crippen molar-refractivity contribution in [2.75, 3.05) is 0 Å². The van der Waals surface area contributed by atoms with Crippen molar-refractivity contribution in [2.45, 2.75) is 0 Å². The van der Waals surface area contributed by atoms with Gasteiger partial charge in [-0.25, -0.2) is 4.39 Å². The number of halogens is 1. The zero-order valence-corrected chi connectivity index (χ0v) is 8.97. The van der Waals surface area contributed by atoms with E-state index in [9.17, 15) is 4.39 Å². The Morgan fingerprint density at radius 2 is 1.35 bits per heavy atom. The molecule has 0 aromatic heterocycles. The quantitative estimate of drug-likeness (QED) is 0.689. The van der Waals surface area contributed by atoms with Crippen LogP contribution in [0.5, 0.6) is 0 Å². The number of nitriles is 2. The highest BCUT2D eigenvalue weighted by molar-refractivity contribution is 5.29. The maximum absolute atomic E-state index is 12.4. The van der Waals surface area contributed by atoms with E-state index in [2.05, 4.69) is 0 Å². The van der Waals surface area contributed by atoms with E-state index in [-0.39, 0.29) is 5.56 Å². The van der Waals surface area contributed by atoms with Crippen LogP contribution in [-0.2, 0) is 0 Å². The van der Waals surface area contributed by atoms with Crippen LogP contribution in [0.4, 0.5) is 4.39 Å². The van der Waals surface area contributed by atoms with Gasteiger partial charge in [0.2, 0.25) is 0 Å². The van der Waals surface area contributed by atoms with Gasteiger partial charge in [-0.15, -0.1) is 0 Å². The first kappa shape index (κ1) is 12.4. The molecule has 0 bridgehead atoms. The van der Waals surface area contributed by atoms with Gasteiger partial charge in [0.05, 0.1) is 17.2 Å². The third kappa shape index (κ3) is 4.15. The predicted octanol–water partition coefficient (Wildman–Crippen LogP) is 3.26. The molecule has 2 aromatic rings. The highest BCUT2D eigenvalue weighted by atomic mass is 19.1. The van der Waals surface area contributed by atoms with Crippen LogP contribution in [0.25, 0.3) is 0 Å². The van der Waals surface area contributed by atoms with Crippen molar-refractivity contribution in [1.82, 2.24) is 0 Å². The molecule has 0 spiro atoms. The normalized spacial score (nSPS) is 8.18. The van der Waals surface area contributed by atoms with Gasteiger partial charge < -0.3 is 0 Å². The Labute approximate surface area is 99.2 Å². The van der Waals surface area contributed by atoms with E-state index < -0.39 is 5.82 Å². The van der Waals surface area contributed by atoms with Gasteiger partial charge in [0.15, 0.2) is 0 Å². The van der Waals surface area contributed by atoms with Crippen LogP contribution in [-0.4, -0.2) is 0 Å². The molecule has 0 amide bonds. The second-order valence-corrected chi connectivity index (χ2v) is 3.07. The predicted molar refractivity (Wildman–Crippen MR) is 62.3 cm³/mol. The molecule has 0 saturated heterocycles. The summed E-state index contributed by atoms with van der Waals surface area (Å²) in [5.41, 5.74) is 0.810. The molecule has 0 atom stereocenters. The van der Waals surface area contributed by atoms with Gasteiger partial charge in [-0.3, -0.25) is 0 Å². The molecule has 0 fully saturated rings. The molecule has 2 aromatic carbocycles. The molecule has 0 heterocycles. The topological polar surface area (TPSA) is 47.6 Å². The maximum Gasteiger partial charge on any atom is 0.140 e. The first-order chi connectivity index (χ1) is 8.27. The summed E-state index contributed by atoms with van der Waals surface area (Å²) < 4.78 is 12.4. The maximum atomic E-state index is 12.4. The Balaban J connectivity index is 0.000000171. The molecule has 82 valence electrons. The Morgan fingerprint density at radius 1 is 0.765 bits per heavy atom. The molecule has 2 rings (SSSR count). The number of nitrogens with zero attached hydrogens (tertiary/aromatic N) is 2. The molecule has 0 aliphatic heterocycles. The third-order valence-electron chi connectivity index (χ3n) is 1.90. The SMILES string of the molecule is N#Cc1ccccc1.N#Cc1ccccc1F. The molecule has 17 heavy (non-hydrogen) atoms. The molecule has 0 aliphatic carbocycles. The first-order valence-electron chi connectivity index (χ1n) is 4.87. The van der Waals surface area contributed by atoms with E-state index >= 15 is 0 Å². The molecule has 0 N–H and O–H groups in total. The van der Waals surface area contributed by atoms with Crippen molar-refractivity contribution in [3.8, 4) is 12.1 Å². The number of rotatable bonds is 0. The van der Waals surface area contributed by atoms with E-state index in [1.165, 1.54) is 12.1 Å². The standard InChI is InChI=1S/C7H4FN.C7H5N/c8-7-4-2-1-3-6(7)5-9;8-6-7-4-2-1-3-5-7/h1-4H;1-5H. The van der Waals surface area contributed by atoms with Crippen molar-refractivity contribution in [1.29, 1.82) is 10.5 Å². The minimum Gasteiger partial charge on any atom is -0.206 e. The fraction of sp³-hybridized carbons (Fsp3) is 0. The van der Waals surface area contributed by atoms with Crippen molar-refractivity contribution >= 4 is 0 Å². The van der Waals surface area contributed by atoms with E-state index in [1.54, 1.807) is 30.3 Å². The van der Waals surface area contributed by atoms with E-state index in [4.69, 9.17) is 10.5 Å². The molecule has 0 saturated carbocycles. The lowest BCUT2D eigenvalue weighted by Crippen LogP contribution is -1.78. The van der Waals surface area contributed by atoms with Gasteiger partial charge in [-0.2, -0.15) is 10.5 Å². The number of hydrogen-bond acceptors (Lipinski definition) is 2. The van der Waals surface area contributed by atoms with Crippen LogP contribution < -0.4 is 0 Å². The van der Waals surface area contributed by atoms with Gasteiger partial charge in [0.25, 0.3) is 0 Å². The van der Waals surface area contributed by atoms with E-state index in [0.29, 0.717) is 5.56 Å². The summed E-state index contributed by atoms with van der Waals surface area (Å²) in [6, 6.07) is 18.8. The first-order valence-corrected chi connectivity index (χ1v) is 4.87. The van der Waals surface area contributed by atoms with Crippen LogP contribution in [0.1, 0.15) is 11.1 Å². The van der Waals surface area contributed by atoms with Crippen LogP contribution >= 0.6 is 0 Å². The summed E-state index contributed by atoms with van der Waals surface area (Å²) in [6.45, 7) is 0. The molecular weight excluding hydrogens is 215 g/mol. The molecular formula is C14H9FN2. The van der Waals surface area contributed by atoms with Crippen molar-refractivity contribution in [3.05, 3.63) is 71.5 Å². The van der Waals surface area contributed by atoms with Crippen LogP contribution in [0, 0.1) is 28.5 Å². The highest BCUT2D eigenvalue weighted by Gasteiger charge is 1.94. The summed E-state index contributed by atoms with van der Waals surface area (Å²) in [5, 5.41) is 16.5. The molecule has 0 radical (unpaired) electrons. The summed E-state index contributed by atoms with van der Waals surface area (Å²) in [4.78, 5) is 0. The second-order valence-electron chi connectivity index (χ2n) is 3.07. The smallest absolute Gasteiger partial charge is 0.140 e. The lowest BCUT2D eigenvalue weighted by atomic mass is 10.2. The van der Waals surface area contributed by atoms with Gasteiger partial charge >= 0.3 is 0 Å². The summed E-state index contributed by atoms with van der Waals surface area (Å²) in [5.74, 6) is -0.458. The highest BCUT2D eigenvalue weighted by Crippen LogP contribution is 2.02. The van der Waals surface area contributed by atoms with E-state index in [0.717, 1.165) is 0 Å². The van der Waals surface area contributed by atoms with Gasteiger partial charge in [0, 0.05) is 0 Å². The van der Waals surface area contributed by atoms with Crippen LogP contribution in [0.2, 0.25) is 0 Å². The second kappa shape index (κ2) is 6.76. The zero-order chi connectivity index (χ0) is 12.5.